The van der Waals surface area contributed by atoms with Crippen LogP contribution >= 0.6 is 0 Å². The zero-order valence-electron chi connectivity index (χ0n) is 9.65. The molecule has 1 unspecified atom stereocenters. The maximum absolute atomic E-state index is 11.9. The van der Waals surface area contributed by atoms with E-state index in [4.69, 9.17) is 4.74 Å². The van der Waals surface area contributed by atoms with Crippen LogP contribution in [0.3, 0.4) is 0 Å². The molecule has 0 aromatic carbocycles. The quantitative estimate of drug-likeness (QED) is 0.721. The molecule has 0 aliphatic heterocycles. The Hall–Kier alpha value is -1.23. The summed E-state index contributed by atoms with van der Waals surface area (Å²) in [6.45, 7) is 3.73. The Morgan fingerprint density at radius 3 is 2.73 bits per heavy atom. The Bertz CT molecular complexity index is 342. The van der Waals surface area contributed by atoms with Crippen molar-refractivity contribution in [2.75, 3.05) is 7.11 Å². The molecule has 0 saturated carbocycles. The van der Waals surface area contributed by atoms with Crippen molar-refractivity contribution < 1.29 is 9.53 Å². The molecule has 1 aromatic heterocycles. The van der Waals surface area contributed by atoms with Gasteiger partial charge in [-0.25, -0.2) is 0 Å². The Morgan fingerprint density at radius 2 is 2.33 bits per heavy atom. The maximum atomic E-state index is 11.9. The van der Waals surface area contributed by atoms with Crippen LogP contribution < -0.4 is 0 Å². The smallest absolute Gasteiger partial charge is 0.170 e. The summed E-state index contributed by atoms with van der Waals surface area (Å²) in [5.41, 5.74) is -0.0310. The molecule has 0 spiro atoms. The fourth-order valence-corrected chi connectivity index (χ4v) is 1.28. The Balaban J connectivity index is 2.70. The van der Waals surface area contributed by atoms with Crippen molar-refractivity contribution in [1.29, 1.82) is 0 Å². The molecule has 1 aromatic rings. The van der Waals surface area contributed by atoms with Crippen LogP contribution in [0.4, 0.5) is 0 Å². The second-order valence-electron chi connectivity index (χ2n) is 3.77. The number of ketones is 1. The number of aryl methyl sites for hydroxylation is 1. The van der Waals surface area contributed by atoms with E-state index in [-0.39, 0.29) is 12.2 Å². The van der Waals surface area contributed by atoms with Gasteiger partial charge in [0.25, 0.3) is 0 Å². The third-order valence-electron chi connectivity index (χ3n) is 2.71. The van der Waals surface area contributed by atoms with Crippen LogP contribution in [0.15, 0.2) is 6.20 Å². The maximum Gasteiger partial charge on any atom is 0.170 e. The van der Waals surface area contributed by atoms with Gasteiger partial charge in [-0.3, -0.25) is 9.48 Å². The average molecular weight is 211 g/mol. The molecule has 1 heterocycles. The monoisotopic (exact) mass is 211 g/mol. The number of Topliss-reactive ketones (excluding diaryl/α,β-unsaturated/α-hetero) is 1. The van der Waals surface area contributed by atoms with Crippen molar-refractivity contribution in [3.05, 3.63) is 11.9 Å². The van der Waals surface area contributed by atoms with Crippen LogP contribution in [-0.4, -0.2) is 33.5 Å². The standard InChI is InChI=1S/C10H17N3O2/c1-5-10(2,15-4)9(14)6-8-7-13(3)12-11-8/h7H,5-6H2,1-4H3. The van der Waals surface area contributed by atoms with E-state index in [0.29, 0.717) is 12.1 Å². The number of nitrogens with zero attached hydrogens (tertiary/aromatic N) is 3. The number of rotatable bonds is 5. The van der Waals surface area contributed by atoms with E-state index >= 15 is 0 Å². The van der Waals surface area contributed by atoms with Gasteiger partial charge in [-0.15, -0.1) is 5.10 Å². The third-order valence-corrected chi connectivity index (χ3v) is 2.71. The molecule has 0 saturated heterocycles. The molecule has 0 bridgehead atoms. The minimum atomic E-state index is -0.711. The van der Waals surface area contributed by atoms with Crippen LogP contribution in [0.5, 0.6) is 0 Å². The molecule has 0 aliphatic rings. The van der Waals surface area contributed by atoms with Gasteiger partial charge >= 0.3 is 0 Å². The molecule has 5 heteroatoms. The van der Waals surface area contributed by atoms with Crippen LogP contribution in [0.1, 0.15) is 26.0 Å². The van der Waals surface area contributed by atoms with Crippen molar-refractivity contribution in [1.82, 2.24) is 15.0 Å². The lowest BCUT2D eigenvalue weighted by Gasteiger charge is -2.24. The molecular formula is C10H17N3O2. The number of hydrogen-bond acceptors (Lipinski definition) is 4. The minimum absolute atomic E-state index is 0.0352. The first kappa shape index (κ1) is 11.8. The van der Waals surface area contributed by atoms with Gasteiger partial charge in [0, 0.05) is 20.4 Å². The summed E-state index contributed by atoms with van der Waals surface area (Å²) in [6.07, 6.45) is 2.66. The zero-order chi connectivity index (χ0) is 11.5. The van der Waals surface area contributed by atoms with Gasteiger partial charge in [0.15, 0.2) is 5.78 Å². The summed E-state index contributed by atoms with van der Waals surface area (Å²) in [5, 5.41) is 7.65. The van der Waals surface area contributed by atoms with E-state index < -0.39 is 5.60 Å². The van der Waals surface area contributed by atoms with Gasteiger partial charge in [-0.1, -0.05) is 12.1 Å². The van der Waals surface area contributed by atoms with Gasteiger partial charge in [0.2, 0.25) is 0 Å². The molecule has 1 atom stereocenters. The van der Waals surface area contributed by atoms with Gasteiger partial charge in [-0.2, -0.15) is 0 Å². The summed E-state index contributed by atoms with van der Waals surface area (Å²) in [4.78, 5) is 11.9. The highest BCUT2D eigenvalue weighted by atomic mass is 16.5. The Labute approximate surface area is 89.4 Å². The SMILES string of the molecule is CCC(C)(OC)C(=O)Cc1cn(C)nn1. The van der Waals surface area contributed by atoms with Crippen molar-refractivity contribution in [3.63, 3.8) is 0 Å². The molecule has 15 heavy (non-hydrogen) atoms. The third kappa shape index (κ3) is 2.62. The fraction of sp³-hybridized carbons (Fsp3) is 0.700. The Morgan fingerprint density at radius 1 is 1.67 bits per heavy atom. The lowest BCUT2D eigenvalue weighted by Crippen LogP contribution is -2.37. The lowest BCUT2D eigenvalue weighted by atomic mass is 9.94. The number of carbonyl (C=O) groups excluding carboxylic acids is 1. The van der Waals surface area contributed by atoms with E-state index in [1.54, 1.807) is 32.0 Å². The summed E-state index contributed by atoms with van der Waals surface area (Å²) in [6, 6.07) is 0. The van der Waals surface area contributed by atoms with Crippen LogP contribution in [0.2, 0.25) is 0 Å². The van der Waals surface area contributed by atoms with Gasteiger partial charge in [0.1, 0.15) is 5.60 Å². The highest BCUT2D eigenvalue weighted by molar-refractivity contribution is 5.88. The van der Waals surface area contributed by atoms with E-state index in [1.165, 1.54) is 0 Å². The first-order chi connectivity index (χ1) is 7.01. The predicted octanol–water partition coefficient (Wildman–Crippen LogP) is 0.742. The summed E-state index contributed by atoms with van der Waals surface area (Å²) >= 11 is 0. The van der Waals surface area contributed by atoms with Crippen molar-refractivity contribution >= 4 is 5.78 Å². The first-order valence-corrected chi connectivity index (χ1v) is 4.95. The first-order valence-electron chi connectivity index (χ1n) is 4.95. The normalized spacial score (nSPS) is 14.9. The molecular weight excluding hydrogens is 194 g/mol. The largest absolute Gasteiger partial charge is 0.371 e. The van der Waals surface area contributed by atoms with Crippen molar-refractivity contribution in [3.8, 4) is 0 Å². The highest BCUT2D eigenvalue weighted by Crippen LogP contribution is 2.17. The van der Waals surface area contributed by atoms with E-state index in [9.17, 15) is 4.79 Å². The molecule has 0 N–H and O–H groups in total. The number of carbonyl (C=O) groups is 1. The van der Waals surface area contributed by atoms with Crippen LogP contribution in [0.25, 0.3) is 0 Å². The topological polar surface area (TPSA) is 57.0 Å². The zero-order valence-corrected chi connectivity index (χ0v) is 9.65. The molecule has 1 rings (SSSR count). The lowest BCUT2D eigenvalue weighted by molar-refractivity contribution is -0.138. The molecule has 0 fully saturated rings. The molecule has 84 valence electrons. The number of aromatic nitrogens is 3. The fourth-order valence-electron chi connectivity index (χ4n) is 1.28. The highest BCUT2D eigenvalue weighted by Gasteiger charge is 2.30. The second kappa shape index (κ2) is 4.53. The number of hydrogen-bond donors (Lipinski definition) is 0. The molecule has 0 amide bonds. The van der Waals surface area contributed by atoms with Gasteiger partial charge < -0.3 is 4.74 Å². The van der Waals surface area contributed by atoms with E-state index in [1.807, 2.05) is 6.92 Å². The van der Waals surface area contributed by atoms with Crippen molar-refractivity contribution in [2.24, 2.45) is 7.05 Å². The van der Waals surface area contributed by atoms with E-state index in [0.717, 1.165) is 0 Å². The second-order valence-corrected chi connectivity index (χ2v) is 3.77. The van der Waals surface area contributed by atoms with E-state index in [2.05, 4.69) is 10.3 Å². The Kier molecular flexibility index (Phi) is 3.57. The number of ether oxygens (including phenoxy) is 1. The summed E-state index contributed by atoms with van der Waals surface area (Å²) in [5.74, 6) is 0.0352. The summed E-state index contributed by atoms with van der Waals surface area (Å²) < 4.78 is 6.81. The summed E-state index contributed by atoms with van der Waals surface area (Å²) in [7, 11) is 3.33. The van der Waals surface area contributed by atoms with Crippen molar-refractivity contribution in [2.45, 2.75) is 32.3 Å². The van der Waals surface area contributed by atoms with Gasteiger partial charge in [-0.05, 0) is 13.3 Å². The molecule has 0 radical (unpaired) electrons. The van der Waals surface area contributed by atoms with Crippen LogP contribution in [-0.2, 0) is 23.0 Å². The minimum Gasteiger partial charge on any atom is -0.371 e. The average Bonchev–Trinajstić information content (AvgIpc) is 2.62. The predicted molar refractivity (Wildman–Crippen MR) is 55.4 cm³/mol. The molecule has 0 aliphatic carbocycles. The van der Waals surface area contributed by atoms with Gasteiger partial charge in [0.05, 0.1) is 12.1 Å². The van der Waals surface area contributed by atoms with Crippen LogP contribution in [0, 0.1) is 0 Å². The number of methoxy groups -OCH3 is 1. The molecule has 5 nitrogen and oxygen atoms in total.